The van der Waals surface area contributed by atoms with E-state index in [0.717, 1.165) is 24.7 Å². The van der Waals surface area contributed by atoms with Crippen molar-refractivity contribution in [1.29, 1.82) is 0 Å². The molecule has 0 radical (unpaired) electrons. The Kier molecular flexibility index (Phi) is 3.76. The summed E-state index contributed by atoms with van der Waals surface area (Å²) in [6, 6.07) is 6.01. The lowest BCUT2D eigenvalue weighted by Crippen LogP contribution is -2.39. The van der Waals surface area contributed by atoms with Crippen molar-refractivity contribution < 1.29 is 14.0 Å². The fourth-order valence-corrected chi connectivity index (χ4v) is 3.63. The smallest absolute Gasteiger partial charge is 0.238 e. The zero-order chi connectivity index (χ0) is 15.0. The highest BCUT2D eigenvalue weighted by Crippen LogP contribution is 2.44. The number of hydrogen-bond acceptors (Lipinski definition) is 3. The third-order valence-corrected chi connectivity index (χ3v) is 4.48. The minimum absolute atomic E-state index is 0.0717. The van der Waals surface area contributed by atoms with Crippen molar-refractivity contribution in [2.24, 2.45) is 5.92 Å². The van der Waals surface area contributed by atoms with E-state index in [4.69, 9.17) is 0 Å². The van der Waals surface area contributed by atoms with E-state index < -0.39 is 0 Å². The van der Waals surface area contributed by atoms with Crippen LogP contribution >= 0.6 is 0 Å². The van der Waals surface area contributed by atoms with Crippen LogP contribution in [0, 0.1) is 11.7 Å². The lowest BCUT2D eigenvalue weighted by molar-refractivity contribution is -0.138. The third-order valence-electron chi connectivity index (χ3n) is 4.48. The van der Waals surface area contributed by atoms with Crippen molar-refractivity contribution in [2.45, 2.75) is 38.3 Å². The SMILES string of the molecule is CCC[C@@H]1[C@@H](C=O)[C@H](c2ccc(F)cc2)N2CCC(=O)N12. The maximum atomic E-state index is 13.1. The molecule has 1 aromatic rings. The normalized spacial score (nSPS) is 29.0. The van der Waals surface area contributed by atoms with Crippen LogP contribution in [0.3, 0.4) is 0 Å². The Balaban J connectivity index is 1.99. The molecule has 0 bridgehead atoms. The highest BCUT2D eigenvalue weighted by Gasteiger charge is 2.52. The van der Waals surface area contributed by atoms with Gasteiger partial charge in [0, 0.05) is 13.0 Å². The lowest BCUT2D eigenvalue weighted by Gasteiger charge is -2.27. The summed E-state index contributed by atoms with van der Waals surface area (Å²) in [6.07, 6.45) is 3.18. The first-order valence-corrected chi connectivity index (χ1v) is 7.46. The van der Waals surface area contributed by atoms with E-state index in [1.165, 1.54) is 12.1 Å². The molecular weight excluding hydrogens is 271 g/mol. The van der Waals surface area contributed by atoms with Crippen molar-refractivity contribution >= 4 is 12.2 Å². The number of carbonyl (C=O) groups excluding carboxylic acids is 2. The van der Waals surface area contributed by atoms with Crippen LogP contribution in [-0.4, -0.2) is 34.8 Å². The highest BCUT2D eigenvalue weighted by atomic mass is 19.1. The molecule has 2 aliphatic rings. The molecule has 112 valence electrons. The van der Waals surface area contributed by atoms with E-state index in [1.807, 2.05) is 5.01 Å². The second-order valence-electron chi connectivity index (χ2n) is 5.72. The lowest BCUT2D eigenvalue weighted by atomic mass is 9.87. The first-order valence-electron chi connectivity index (χ1n) is 7.46. The van der Waals surface area contributed by atoms with Crippen LogP contribution in [0.5, 0.6) is 0 Å². The molecule has 1 amide bonds. The van der Waals surface area contributed by atoms with Crippen LogP contribution in [-0.2, 0) is 9.59 Å². The predicted molar refractivity (Wildman–Crippen MR) is 75.6 cm³/mol. The zero-order valence-electron chi connectivity index (χ0n) is 12.0. The summed E-state index contributed by atoms with van der Waals surface area (Å²) in [6.45, 7) is 2.68. The summed E-state index contributed by atoms with van der Waals surface area (Å²) in [5.74, 6) is -0.455. The summed E-state index contributed by atoms with van der Waals surface area (Å²) in [5.41, 5.74) is 0.895. The van der Waals surface area contributed by atoms with Gasteiger partial charge >= 0.3 is 0 Å². The number of aldehydes is 1. The minimum Gasteiger partial charge on any atom is -0.303 e. The maximum absolute atomic E-state index is 13.1. The molecule has 2 saturated heterocycles. The van der Waals surface area contributed by atoms with Crippen molar-refractivity contribution in [3.63, 3.8) is 0 Å². The molecular formula is C16H19FN2O2. The van der Waals surface area contributed by atoms with Crippen LogP contribution in [0.15, 0.2) is 24.3 Å². The average molecular weight is 290 g/mol. The minimum atomic E-state index is -0.293. The van der Waals surface area contributed by atoms with Crippen molar-refractivity contribution in [1.82, 2.24) is 10.0 Å². The molecule has 2 fully saturated rings. The third kappa shape index (κ3) is 2.25. The van der Waals surface area contributed by atoms with Gasteiger partial charge in [0.05, 0.1) is 18.0 Å². The van der Waals surface area contributed by atoms with Gasteiger partial charge in [-0.15, -0.1) is 0 Å². The quantitative estimate of drug-likeness (QED) is 0.799. The van der Waals surface area contributed by atoms with Crippen molar-refractivity contribution in [2.75, 3.05) is 6.54 Å². The van der Waals surface area contributed by atoms with Gasteiger partial charge in [0.15, 0.2) is 0 Å². The van der Waals surface area contributed by atoms with E-state index in [9.17, 15) is 14.0 Å². The molecule has 5 heteroatoms. The van der Waals surface area contributed by atoms with Crippen LogP contribution in [0.25, 0.3) is 0 Å². The Labute approximate surface area is 123 Å². The first-order chi connectivity index (χ1) is 10.2. The average Bonchev–Trinajstić information content (AvgIpc) is 2.99. The summed E-state index contributed by atoms with van der Waals surface area (Å²) in [7, 11) is 0. The molecule has 0 aromatic heterocycles. The number of amides is 1. The first kappa shape index (κ1) is 14.2. The summed E-state index contributed by atoms with van der Waals surface area (Å²) in [5, 5.41) is 3.77. The summed E-state index contributed by atoms with van der Waals surface area (Å²) in [4.78, 5) is 23.8. The molecule has 0 unspecified atom stereocenters. The van der Waals surface area contributed by atoms with E-state index >= 15 is 0 Å². The standard InChI is InChI=1S/C16H19FN2O2/c1-2-3-14-13(10-20)16(11-4-6-12(17)7-5-11)18-9-8-15(21)19(14)18/h4-7,10,13-14,16H,2-3,8-9H2,1H3/t13-,14-,16+/m1/s1. The van der Waals surface area contributed by atoms with Gasteiger partial charge in [-0.05, 0) is 24.1 Å². The Morgan fingerprint density at radius 1 is 1.33 bits per heavy atom. The topological polar surface area (TPSA) is 40.6 Å². The van der Waals surface area contributed by atoms with Gasteiger partial charge in [0.2, 0.25) is 5.91 Å². The number of hydrazine groups is 1. The molecule has 0 aliphatic carbocycles. The number of nitrogens with zero attached hydrogens (tertiary/aromatic N) is 2. The maximum Gasteiger partial charge on any atom is 0.238 e. The van der Waals surface area contributed by atoms with Gasteiger partial charge < -0.3 is 4.79 Å². The van der Waals surface area contributed by atoms with Crippen molar-refractivity contribution in [3.8, 4) is 0 Å². The van der Waals surface area contributed by atoms with E-state index in [1.54, 1.807) is 17.1 Å². The molecule has 21 heavy (non-hydrogen) atoms. The fourth-order valence-electron chi connectivity index (χ4n) is 3.63. The molecule has 0 saturated carbocycles. The highest BCUT2D eigenvalue weighted by molar-refractivity contribution is 5.79. The number of fused-ring (bicyclic) bond motifs is 1. The van der Waals surface area contributed by atoms with Gasteiger partial charge in [-0.3, -0.25) is 9.80 Å². The van der Waals surface area contributed by atoms with Crippen LogP contribution in [0.4, 0.5) is 4.39 Å². The van der Waals surface area contributed by atoms with E-state index in [0.29, 0.717) is 13.0 Å². The molecule has 3 atom stereocenters. The van der Waals surface area contributed by atoms with Gasteiger partial charge in [0.1, 0.15) is 12.1 Å². The Morgan fingerprint density at radius 2 is 2.05 bits per heavy atom. The molecule has 3 rings (SSSR count). The number of carbonyl (C=O) groups is 2. The molecule has 1 aromatic carbocycles. The second kappa shape index (κ2) is 5.56. The molecule has 0 spiro atoms. The second-order valence-corrected chi connectivity index (χ2v) is 5.72. The molecule has 2 aliphatic heterocycles. The van der Waals surface area contributed by atoms with Crippen LogP contribution in [0.1, 0.15) is 37.8 Å². The number of hydrogen-bond donors (Lipinski definition) is 0. The Bertz CT molecular complexity index is 546. The molecule has 0 N–H and O–H groups in total. The van der Waals surface area contributed by atoms with E-state index in [2.05, 4.69) is 6.92 Å². The Hall–Kier alpha value is -1.75. The largest absolute Gasteiger partial charge is 0.303 e. The van der Waals surface area contributed by atoms with E-state index in [-0.39, 0.29) is 29.7 Å². The van der Waals surface area contributed by atoms with Crippen LogP contribution < -0.4 is 0 Å². The number of rotatable bonds is 4. The van der Waals surface area contributed by atoms with Gasteiger partial charge in [-0.25, -0.2) is 9.40 Å². The summed E-state index contributed by atoms with van der Waals surface area (Å²) >= 11 is 0. The summed E-state index contributed by atoms with van der Waals surface area (Å²) < 4.78 is 13.1. The number of halogens is 1. The van der Waals surface area contributed by atoms with Crippen LogP contribution in [0.2, 0.25) is 0 Å². The van der Waals surface area contributed by atoms with Crippen molar-refractivity contribution in [3.05, 3.63) is 35.6 Å². The van der Waals surface area contributed by atoms with Gasteiger partial charge in [0.25, 0.3) is 0 Å². The predicted octanol–water partition coefficient (Wildman–Crippen LogP) is 2.31. The zero-order valence-corrected chi connectivity index (χ0v) is 12.0. The molecule has 2 heterocycles. The van der Waals surface area contributed by atoms with Gasteiger partial charge in [-0.2, -0.15) is 0 Å². The fraction of sp³-hybridized carbons (Fsp3) is 0.500. The van der Waals surface area contributed by atoms with Gasteiger partial charge in [-0.1, -0.05) is 25.5 Å². The molecule has 4 nitrogen and oxygen atoms in total. The number of benzene rings is 1. The Morgan fingerprint density at radius 3 is 2.67 bits per heavy atom. The monoisotopic (exact) mass is 290 g/mol.